The van der Waals surface area contributed by atoms with Gasteiger partial charge in [-0.2, -0.15) is 0 Å². The maximum atomic E-state index is 12.3. The van der Waals surface area contributed by atoms with E-state index < -0.39 is 23.2 Å². The molecule has 0 aliphatic rings. The molecular weight excluding hydrogens is 260 g/mol. The maximum absolute atomic E-state index is 12.3. The second-order valence-electron chi connectivity index (χ2n) is 5.76. The number of amides is 1. The van der Waals surface area contributed by atoms with E-state index in [1.165, 1.54) is 0 Å². The van der Waals surface area contributed by atoms with Gasteiger partial charge in [0.15, 0.2) is 0 Å². The topological polar surface area (TPSA) is 81.4 Å². The summed E-state index contributed by atoms with van der Waals surface area (Å²) in [6, 6.07) is 0. The van der Waals surface area contributed by atoms with E-state index in [1.54, 1.807) is 20.8 Å². The van der Waals surface area contributed by atoms with E-state index in [0.717, 1.165) is 5.56 Å². The summed E-state index contributed by atoms with van der Waals surface area (Å²) in [5.41, 5.74) is 0.887. The van der Waals surface area contributed by atoms with Crippen LogP contribution in [0.3, 0.4) is 0 Å². The van der Waals surface area contributed by atoms with Crippen molar-refractivity contribution in [2.75, 3.05) is 11.9 Å². The molecule has 0 spiro atoms. The van der Waals surface area contributed by atoms with Gasteiger partial charge in [0.1, 0.15) is 5.92 Å². The van der Waals surface area contributed by atoms with Crippen molar-refractivity contribution >= 4 is 17.8 Å². The number of anilines is 1. The smallest absolute Gasteiger partial charge is 0.319 e. The lowest BCUT2D eigenvalue weighted by molar-refractivity contribution is -0.155. The van der Waals surface area contributed by atoms with Crippen LogP contribution in [0.25, 0.3) is 0 Å². The van der Waals surface area contributed by atoms with Crippen LogP contribution in [0, 0.1) is 25.2 Å². The summed E-state index contributed by atoms with van der Waals surface area (Å²) in [4.78, 5) is 24.3. The van der Waals surface area contributed by atoms with Crippen LogP contribution in [0.4, 0.5) is 5.88 Å². The van der Waals surface area contributed by atoms with Gasteiger partial charge in [-0.1, -0.05) is 25.9 Å². The maximum Gasteiger partial charge on any atom is 0.319 e. The molecule has 0 saturated heterocycles. The largest absolute Gasteiger partial charge is 0.465 e. The van der Waals surface area contributed by atoms with Crippen molar-refractivity contribution in [2.24, 2.45) is 11.3 Å². The van der Waals surface area contributed by atoms with Crippen LogP contribution in [0.5, 0.6) is 0 Å². The number of carbonyl (C=O) groups is 2. The summed E-state index contributed by atoms with van der Waals surface area (Å²) in [5.74, 6) is -1.63. The Labute approximate surface area is 118 Å². The molecule has 112 valence electrons. The second kappa shape index (κ2) is 6.07. The van der Waals surface area contributed by atoms with Gasteiger partial charge >= 0.3 is 5.97 Å². The zero-order valence-electron chi connectivity index (χ0n) is 12.9. The normalized spacial score (nSPS) is 12.9. The zero-order chi connectivity index (χ0) is 15.5. The molecule has 0 radical (unpaired) electrons. The van der Waals surface area contributed by atoms with Gasteiger partial charge in [0.25, 0.3) is 0 Å². The van der Waals surface area contributed by atoms with Crippen molar-refractivity contribution in [3.63, 3.8) is 0 Å². The van der Waals surface area contributed by atoms with E-state index in [9.17, 15) is 9.59 Å². The lowest BCUT2D eigenvalue weighted by Crippen LogP contribution is -2.40. The zero-order valence-corrected chi connectivity index (χ0v) is 12.9. The minimum Gasteiger partial charge on any atom is -0.465 e. The quantitative estimate of drug-likeness (QED) is 0.677. The molecule has 6 nitrogen and oxygen atoms in total. The molecule has 1 amide bonds. The number of aromatic nitrogens is 1. The molecule has 1 N–H and O–H groups in total. The number of esters is 1. The van der Waals surface area contributed by atoms with E-state index in [-0.39, 0.29) is 12.5 Å². The first-order valence-electron chi connectivity index (χ1n) is 6.58. The van der Waals surface area contributed by atoms with Crippen LogP contribution in [0.1, 0.15) is 39.0 Å². The number of hydrogen-bond acceptors (Lipinski definition) is 5. The van der Waals surface area contributed by atoms with Crippen molar-refractivity contribution < 1.29 is 18.8 Å². The Kier molecular flexibility index (Phi) is 4.92. The van der Waals surface area contributed by atoms with Gasteiger partial charge in [0.05, 0.1) is 12.3 Å². The molecule has 1 atom stereocenters. The van der Waals surface area contributed by atoms with E-state index in [4.69, 9.17) is 9.26 Å². The number of nitrogens with zero attached hydrogens (tertiary/aromatic N) is 1. The number of carbonyl (C=O) groups excluding carboxylic acids is 2. The Morgan fingerprint density at radius 3 is 2.35 bits per heavy atom. The van der Waals surface area contributed by atoms with Crippen molar-refractivity contribution in [2.45, 2.75) is 41.5 Å². The predicted octanol–water partition coefficient (Wildman–Crippen LogP) is 2.46. The molecule has 1 aromatic heterocycles. The molecule has 20 heavy (non-hydrogen) atoms. The number of nitrogens with one attached hydrogen (secondary N) is 1. The fraction of sp³-hybridized carbons (Fsp3) is 0.643. The van der Waals surface area contributed by atoms with Gasteiger partial charge in [0, 0.05) is 5.56 Å². The summed E-state index contributed by atoms with van der Waals surface area (Å²) in [5, 5.41) is 6.37. The fourth-order valence-corrected chi connectivity index (χ4v) is 1.80. The second-order valence-corrected chi connectivity index (χ2v) is 5.76. The Morgan fingerprint density at radius 2 is 1.95 bits per heavy atom. The van der Waals surface area contributed by atoms with Gasteiger partial charge in [-0.25, -0.2) is 0 Å². The SMILES string of the molecule is CCOC(=O)C(C(=O)Nc1onc(C)c1C)C(C)(C)C. The number of aryl methyl sites for hydroxylation is 1. The number of hydrogen-bond donors (Lipinski definition) is 1. The molecular formula is C14H22N2O4. The van der Waals surface area contributed by atoms with E-state index >= 15 is 0 Å². The molecule has 1 aromatic rings. The van der Waals surface area contributed by atoms with Crippen LogP contribution in [-0.2, 0) is 14.3 Å². The van der Waals surface area contributed by atoms with Crippen LogP contribution in [0.2, 0.25) is 0 Å². The van der Waals surface area contributed by atoms with Gasteiger partial charge in [-0.3, -0.25) is 14.9 Å². The highest BCUT2D eigenvalue weighted by molar-refractivity contribution is 6.05. The van der Waals surface area contributed by atoms with Gasteiger partial charge < -0.3 is 9.26 Å². The van der Waals surface area contributed by atoms with E-state index in [1.807, 2.05) is 20.8 Å². The average Bonchev–Trinajstić information content (AvgIpc) is 2.59. The van der Waals surface area contributed by atoms with Crippen LogP contribution in [-0.4, -0.2) is 23.6 Å². The lowest BCUT2D eigenvalue weighted by Gasteiger charge is -2.27. The molecule has 0 aliphatic carbocycles. The summed E-state index contributed by atoms with van der Waals surface area (Å²) in [7, 11) is 0. The summed E-state index contributed by atoms with van der Waals surface area (Å²) >= 11 is 0. The van der Waals surface area contributed by atoms with Gasteiger partial charge in [0.2, 0.25) is 11.8 Å². The van der Waals surface area contributed by atoms with E-state index in [0.29, 0.717) is 5.69 Å². The van der Waals surface area contributed by atoms with Crippen molar-refractivity contribution in [1.82, 2.24) is 5.16 Å². The standard InChI is InChI=1S/C14H22N2O4/c1-7-19-13(18)10(14(4,5)6)11(17)15-12-8(2)9(3)16-20-12/h10H,7H2,1-6H3,(H,15,17). The molecule has 1 rings (SSSR count). The molecule has 0 aliphatic heterocycles. The minimum atomic E-state index is -0.910. The third-order valence-corrected chi connectivity index (χ3v) is 3.04. The Hall–Kier alpha value is -1.85. The van der Waals surface area contributed by atoms with Crippen LogP contribution >= 0.6 is 0 Å². The highest BCUT2D eigenvalue weighted by Crippen LogP contribution is 2.29. The lowest BCUT2D eigenvalue weighted by atomic mass is 9.80. The Balaban J connectivity index is 2.95. The van der Waals surface area contributed by atoms with Crippen LogP contribution in [0.15, 0.2) is 4.52 Å². The molecule has 0 saturated carbocycles. The van der Waals surface area contributed by atoms with Gasteiger partial charge in [-0.05, 0) is 26.2 Å². The number of rotatable bonds is 4. The first-order chi connectivity index (χ1) is 9.18. The summed E-state index contributed by atoms with van der Waals surface area (Å²) in [6.45, 7) is 10.9. The molecule has 1 unspecified atom stereocenters. The van der Waals surface area contributed by atoms with Crippen LogP contribution < -0.4 is 5.32 Å². The summed E-state index contributed by atoms with van der Waals surface area (Å²) < 4.78 is 10.0. The van der Waals surface area contributed by atoms with Crippen molar-refractivity contribution in [1.29, 1.82) is 0 Å². The Bertz CT molecular complexity index is 500. The van der Waals surface area contributed by atoms with Gasteiger partial charge in [-0.15, -0.1) is 0 Å². The highest BCUT2D eigenvalue weighted by Gasteiger charge is 2.39. The molecule has 0 fully saturated rings. The molecule has 0 aromatic carbocycles. The third-order valence-electron chi connectivity index (χ3n) is 3.04. The monoisotopic (exact) mass is 282 g/mol. The molecule has 1 heterocycles. The first kappa shape index (κ1) is 16.2. The highest BCUT2D eigenvalue weighted by atomic mass is 16.5. The van der Waals surface area contributed by atoms with Crippen molar-refractivity contribution in [3.8, 4) is 0 Å². The summed E-state index contributed by atoms with van der Waals surface area (Å²) in [6.07, 6.45) is 0. The first-order valence-corrected chi connectivity index (χ1v) is 6.58. The Morgan fingerprint density at radius 1 is 1.35 bits per heavy atom. The third kappa shape index (κ3) is 3.59. The molecule has 6 heteroatoms. The fourth-order valence-electron chi connectivity index (χ4n) is 1.80. The molecule has 0 bridgehead atoms. The van der Waals surface area contributed by atoms with Crippen molar-refractivity contribution in [3.05, 3.63) is 11.3 Å². The number of ether oxygens (including phenoxy) is 1. The van der Waals surface area contributed by atoms with E-state index in [2.05, 4.69) is 10.5 Å². The minimum absolute atomic E-state index is 0.235. The average molecular weight is 282 g/mol. The predicted molar refractivity (Wildman–Crippen MR) is 74.2 cm³/mol.